The van der Waals surface area contributed by atoms with Gasteiger partial charge in [0.25, 0.3) is 5.91 Å². The summed E-state index contributed by atoms with van der Waals surface area (Å²) in [5.74, 6) is -0.103. The number of hydrogen-bond acceptors (Lipinski definition) is 8. The first kappa shape index (κ1) is 37.8. The summed E-state index contributed by atoms with van der Waals surface area (Å²) in [5.41, 5.74) is 6.62. The molecule has 0 unspecified atom stereocenters. The van der Waals surface area contributed by atoms with Crippen molar-refractivity contribution in [3.63, 3.8) is 0 Å². The third kappa shape index (κ3) is 9.89. The van der Waals surface area contributed by atoms with Crippen LogP contribution in [0.1, 0.15) is 68.4 Å². The molecule has 2 amide bonds. The zero-order chi connectivity index (χ0) is 36.4. The number of amides is 2. The van der Waals surface area contributed by atoms with Crippen LogP contribution in [0.15, 0.2) is 72.8 Å². The van der Waals surface area contributed by atoms with Gasteiger partial charge in [0.05, 0.1) is 44.3 Å². The van der Waals surface area contributed by atoms with Crippen molar-refractivity contribution in [3.8, 4) is 22.5 Å². The largest absolute Gasteiger partial charge is 0.379 e. The molecule has 0 saturated carbocycles. The molecule has 0 saturated heterocycles. The van der Waals surface area contributed by atoms with E-state index >= 15 is 0 Å². The van der Waals surface area contributed by atoms with E-state index in [2.05, 4.69) is 61.0 Å². The fourth-order valence-electron chi connectivity index (χ4n) is 5.92. The molecule has 51 heavy (non-hydrogen) atoms. The quantitative estimate of drug-likeness (QED) is 0.125. The number of fused-ring (bicyclic) bond motifs is 5. The van der Waals surface area contributed by atoms with Crippen LogP contribution >= 0.6 is 0 Å². The first-order valence-corrected chi connectivity index (χ1v) is 17.8. The number of carbonyl (C=O) groups excluding carboxylic acids is 2. The number of carbonyl (C=O) groups is 2. The number of hydrogen-bond donors (Lipinski definition) is 3. The van der Waals surface area contributed by atoms with E-state index in [1.165, 1.54) is 0 Å². The van der Waals surface area contributed by atoms with Gasteiger partial charge in [-0.3, -0.25) is 9.59 Å². The summed E-state index contributed by atoms with van der Waals surface area (Å²) in [7, 11) is 3.87. The molecule has 5 rings (SSSR count). The topological polar surface area (TPSA) is 123 Å². The summed E-state index contributed by atoms with van der Waals surface area (Å²) in [4.78, 5) is 28.8. The van der Waals surface area contributed by atoms with Gasteiger partial charge in [-0.15, -0.1) is 5.10 Å². The average molecular weight is 696 g/mol. The van der Waals surface area contributed by atoms with Crippen molar-refractivity contribution in [1.29, 1.82) is 0 Å². The van der Waals surface area contributed by atoms with Gasteiger partial charge in [-0.05, 0) is 84.0 Å². The maximum Gasteiger partial charge on any atom is 0.251 e. The lowest BCUT2D eigenvalue weighted by Crippen LogP contribution is -2.39. The van der Waals surface area contributed by atoms with Crippen molar-refractivity contribution in [2.24, 2.45) is 0 Å². The van der Waals surface area contributed by atoms with Crippen LogP contribution in [-0.4, -0.2) is 85.0 Å². The Morgan fingerprint density at radius 3 is 2.25 bits per heavy atom. The Labute approximate surface area is 302 Å². The monoisotopic (exact) mass is 695 g/mol. The van der Waals surface area contributed by atoms with E-state index in [0.29, 0.717) is 70.2 Å². The number of para-hydroxylation sites is 1. The van der Waals surface area contributed by atoms with E-state index in [-0.39, 0.29) is 22.9 Å². The second-order valence-corrected chi connectivity index (χ2v) is 14.3. The van der Waals surface area contributed by atoms with Crippen molar-refractivity contribution < 1.29 is 19.1 Å². The molecule has 4 aromatic rings. The molecule has 0 fully saturated rings. The highest BCUT2D eigenvalue weighted by molar-refractivity contribution is 6.00. The number of aromatic nitrogens is 3. The average Bonchev–Trinajstić information content (AvgIpc) is 3.54. The van der Waals surface area contributed by atoms with E-state index in [4.69, 9.17) is 14.6 Å². The van der Waals surface area contributed by atoms with Crippen molar-refractivity contribution in [1.82, 2.24) is 30.9 Å². The molecular formula is C40H53N7O4. The number of ether oxygens (including phenoxy) is 2. The standard InChI is InChI=1S/C40H53N7O4/c1-39(2,41-5)19-18-35(48)46-28-31-13-7-8-15-32(31)37-36(33-16-9-10-17-34(33)46)44-45-47(37)27-29-12-11-14-30(26-29)38(49)43-21-23-51-25-24-50-22-20-40(3,4)42-6/h7-17,26,41-42H,18-25,27-28H2,1-6H3,(H,43,49). The molecule has 0 bridgehead atoms. The second kappa shape index (κ2) is 17.2. The number of nitrogens with one attached hydrogen (secondary N) is 3. The van der Waals surface area contributed by atoms with Crippen LogP contribution in [-0.2, 0) is 27.4 Å². The Bertz CT molecular complexity index is 1780. The van der Waals surface area contributed by atoms with Crippen molar-refractivity contribution in [2.45, 2.75) is 71.1 Å². The van der Waals surface area contributed by atoms with E-state index in [1.807, 2.05) is 78.3 Å². The molecule has 0 radical (unpaired) electrons. The van der Waals surface area contributed by atoms with E-state index in [0.717, 1.165) is 40.1 Å². The molecule has 3 aromatic carbocycles. The predicted octanol–water partition coefficient (Wildman–Crippen LogP) is 5.44. The SMILES string of the molecule is CNC(C)(C)CCOCCOCCNC(=O)c1cccc(Cn2nnc3c2-c2ccccc2CN(C(=O)CCC(C)(C)NC)c2ccccc2-3)c1. The number of nitrogens with zero attached hydrogens (tertiary/aromatic N) is 4. The maximum atomic E-state index is 13.8. The van der Waals surface area contributed by atoms with Crippen LogP contribution in [0.4, 0.5) is 5.69 Å². The molecule has 1 aliphatic heterocycles. The highest BCUT2D eigenvalue weighted by atomic mass is 16.5. The summed E-state index contributed by atoms with van der Waals surface area (Å²) < 4.78 is 13.2. The molecule has 1 aliphatic rings. The Balaban J connectivity index is 1.28. The highest BCUT2D eigenvalue weighted by Crippen LogP contribution is 2.41. The lowest BCUT2D eigenvalue weighted by molar-refractivity contribution is -0.119. The van der Waals surface area contributed by atoms with Crippen LogP contribution in [0.2, 0.25) is 0 Å². The summed E-state index contributed by atoms with van der Waals surface area (Å²) in [5, 5.41) is 18.9. The summed E-state index contributed by atoms with van der Waals surface area (Å²) in [6, 6.07) is 23.6. The minimum absolute atomic E-state index is 0.0442. The fraction of sp³-hybridized carbons (Fsp3) is 0.450. The van der Waals surface area contributed by atoms with Gasteiger partial charge in [0.1, 0.15) is 5.69 Å². The Morgan fingerprint density at radius 2 is 1.49 bits per heavy atom. The molecule has 0 spiro atoms. The first-order chi connectivity index (χ1) is 24.5. The van der Waals surface area contributed by atoms with E-state index < -0.39 is 0 Å². The number of rotatable bonds is 17. The minimum atomic E-state index is -0.165. The summed E-state index contributed by atoms with van der Waals surface area (Å²) >= 11 is 0. The van der Waals surface area contributed by atoms with Crippen LogP contribution in [0.25, 0.3) is 22.5 Å². The molecule has 3 N–H and O–H groups in total. The third-order valence-corrected chi connectivity index (χ3v) is 9.70. The zero-order valence-electron chi connectivity index (χ0n) is 30.9. The number of anilines is 1. The van der Waals surface area contributed by atoms with E-state index in [9.17, 15) is 9.59 Å². The molecule has 0 atom stereocenters. The lowest BCUT2D eigenvalue weighted by atomic mass is 9.94. The molecule has 2 heterocycles. The minimum Gasteiger partial charge on any atom is -0.379 e. The van der Waals surface area contributed by atoms with Gasteiger partial charge >= 0.3 is 0 Å². The van der Waals surface area contributed by atoms with Gasteiger partial charge < -0.3 is 30.3 Å². The molecular weight excluding hydrogens is 642 g/mol. The summed E-state index contributed by atoms with van der Waals surface area (Å²) in [6.45, 7) is 11.8. The molecule has 1 aromatic heterocycles. The van der Waals surface area contributed by atoms with Gasteiger partial charge in [0, 0.05) is 47.3 Å². The third-order valence-electron chi connectivity index (χ3n) is 9.70. The zero-order valence-corrected chi connectivity index (χ0v) is 30.9. The van der Waals surface area contributed by atoms with Crippen molar-refractivity contribution >= 4 is 17.5 Å². The first-order valence-electron chi connectivity index (χ1n) is 17.8. The Hall–Kier alpha value is -4.42. The van der Waals surface area contributed by atoms with Gasteiger partial charge in [-0.1, -0.05) is 59.8 Å². The van der Waals surface area contributed by atoms with Crippen LogP contribution in [0.5, 0.6) is 0 Å². The van der Waals surface area contributed by atoms with Gasteiger partial charge in [0.2, 0.25) is 5.91 Å². The normalized spacial score (nSPS) is 12.8. The molecule has 11 heteroatoms. The smallest absolute Gasteiger partial charge is 0.251 e. The summed E-state index contributed by atoms with van der Waals surface area (Å²) in [6.07, 6.45) is 2.03. The van der Waals surface area contributed by atoms with Crippen LogP contribution < -0.4 is 20.9 Å². The van der Waals surface area contributed by atoms with E-state index in [1.54, 1.807) is 6.07 Å². The van der Waals surface area contributed by atoms with Crippen LogP contribution in [0.3, 0.4) is 0 Å². The maximum absolute atomic E-state index is 13.8. The van der Waals surface area contributed by atoms with Gasteiger partial charge in [-0.25, -0.2) is 4.68 Å². The highest BCUT2D eigenvalue weighted by Gasteiger charge is 2.30. The second-order valence-electron chi connectivity index (χ2n) is 14.3. The molecule has 0 aliphatic carbocycles. The number of benzene rings is 3. The van der Waals surface area contributed by atoms with Crippen molar-refractivity contribution in [3.05, 3.63) is 89.5 Å². The molecule has 272 valence electrons. The fourth-order valence-corrected chi connectivity index (χ4v) is 5.92. The van der Waals surface area contributed by atoms with Gasteiger partial charge in [-0.2, -0.15) is 0 Å². The predicted molar refractivity (Wildman–Crippen MR) is 202 cm³/mol. The van der Waals surface area contributed by atoms with Crippen molar-refractivity contribution in [2.75, 3.05) is 52.0 Å². The van der Waals surface area contributed by atoms with Crippen LogP contribution in [0, 0.1) is 0 Å². The molecule has 11 nitrogen and oxygen atoms in total. The van der Waals surface area contributed by atoms with Gasteiger partial charge in [0.15, 0.2) is 0 Å². The lowest BCUT2D eigenvalue weighted by Gasteiger charge is -2.30. The Morgan fingerprint density at radius 1 is 0.804 bits per heavy atom. The Kier molecular flexibility index (Phi) is 12.8.